The van der Waals surface area contributed by atoms with E-state index in [1.807, 2.05) is 4.90 Å². The molecule has 0 saturated carbocycles. The van der Waals surface area contributed by atoms with Crippen molar-refractivity contribution in [3.63, 3.8) is 0 Å². The Hall–Kier alpha value is -0.650. The molecule has 1 N–H and O–H groups in total. The molecule has 86 valence electrons. The van der Waals surface area contributed by atoms with Crippen LogP contribution in [-0.4, -0.2) is 61.0 Å². The van der Waals surface area contributed by atoms with Crippen LogP contribution in [0.1, 0.15) is 12.8 Å². The Balaban J connectivity index is 2.00. The first-order chi connectivity index (χ1) is 7.29. The normalized spacial score (nSPS) is 30.3. The van der Waals surface area contributed by atoms with Gasteiger partial charge in [-0.3, -0.25) is 9.69 Å². The minimum Gasteiger partial charge on any atom is -0.480 e. The number of carbonyl (C=O) groups is 1. The summed E-state index contributed by atoms with van der Waals surface area (Å²) in [5.41, 5.74) is 0. The second-order valence-electron chi connectivity index (χ2n) is 3.98. The average Bonchev–Trinajstić information content (AvgIpc) is 2.72. The van der Waals surface area contributed by atoms with Crippen LogP contribution in [0.5, 0.6) is 0 Å². The monoisotopic (exact) mass is 215 g/mol. The van der Waals surface area contributed by atoms with Gasteiger partial charge in [-0.25, -0.2) is 0 Å². The smallest absolute Gasteiger partial charge is 0.323 e. The van der Waals surface area contributed by atoms with Crippen molar-refractivity contribution in [3.8, 4) is 0 Å². The topological polar surface area (TPSA) is 59.0 Å². The first kappa shape index (κ1) is 10.9. The van der Waals surface area contributed by atoms with Crippen molar-refractivity contribution < 1.29 is 19.4 Å². The SMILES string of the molecule is O=C(O)C(C1CCCO1)N1CCOCC1. The van der Waals surface area contributed by atoms with Gasteiger partial charge in [0.2, 0.25) is 0 Å². The zero-order valence-electron chi connectivity index (χ0n) is 8.72. The molecule has 0 aromatic carbocycles. The number of carboxylic acids is 1. The quantitative estimate of drug-likeness (QED) is 0.715. The van der Waals surface area contributed by atoms with Crippen molar-refractivity contribution in [1.29, 1.82) is 0 Å². The zero-order valence-corrected chi connectivity index (χ0v) is 8.72. The van der Waals surface area contributed by atoms with Gasteiger partial charge in [-0.05, 0) is 12.8 Å². The number of hydrogen-bond acceptors (Lipinski definition) is 4. The summed E-state index contributed by atoms with van der Waals surface area (Å²) in [6.45, 7) is 3.32. The molecule has 2 aliphatic rings. The zero-order chi connectivity index (χ0) is 10.7. The predicted molar refractivity (Wildman–Crippen MR) is 52.8 cm³/mol. The lowest BCUT2D eigenvalue weighted by atomic mass is 10.1. The van der Waals surface area contributed by atoms with E-state index in [1.54, 1.807) is 0 Å². The molecule has 2 unspecified atom stereocenters. The third-order valence-electron chi connectivity index (χ3n) is 3.01. The number of carboxylic acid groups (broad SMARTS) is 1. The summed E-state index contributed by atoms with van der Waals surface area (Å²) < 4.78 is 10.7. The average molecular weight is 215 g/mol. The van der Waals surface area contributed by atoms with Crippen molar-refractivity contribution in [1.82, 2.24) is 4.90 Å². The van der Waals surface area contributed by atoms with Crippen LogP contribution in [0.15, 0.2) is 0 Å². The number of ether oxygens (including phenoxy) is 2. The number of hydrogen-bond donors (Lipinski definition) is 1. The Bertz CT molecular complexity index is 221. The summed E-state index contributed by atoms with van der Waals surface area (Å²) in [6.07, 6.45) is 1.69. The van der Waals surface area contributed by atoms with Gasteiger partial charge in [0.1, 0.15) is 6.04 Å². The molecule has 0 radical (unpaired) electrons. The summed E-state index contributed by atoms with van der Waals surface area (Å²) >= 11 is 0. The molecule has 0 bridgehead atoms. The molecule has 2 aliphatic heterocycles. The van der Waals surface area contributed by atoms with Crippen LogP contribution >= 0.6 is 0 Å². The standard InChI is InChI=1S/C10H17NO4/c12-10(13)9(8-2-1-5-15-8)11-3-6-14-7-4-11/h8-9H,1-7H2,(H,12,13). The Labute approximate surface area is 89.0 Å². The Morgan fingerprint density at radius 3 is 2.60 bits per heavy atom. The minimum absolute atomic E-state index is 0.138. The lowest BCUT2D eigenvalue weighted by Crippen LogP contribution is -2.52. The largest absolute Gasteiger partial charge is 0.480 e. The minimum atomic E-state index is -0.774. The Morgan fingerprint density at radius 1 is 1.33 bits per heavy atom. The van der Waals surface area contributed by atoms with Gasteiger partial charge in [0.25, 0.3) is 0 Å². The van der Waals surface area contributed by atoms with Gasteiger partial charge in [0.15, 0.2) is 0 Å². The van der Waals surface area contributed by atoms with E-state index in [-0.39, 0.29) is 6.10 Å². The van der Waals surface area contributed by atoms with E-state index in [0.717, 1.165) is 12.8 Å². The first-order valence-electron chi connectivity index (χ1n) is 5.45. The highest BCUT2D eigenvalue weighted by molar-refractivity contribution is 5.74. The molecule has 2 fully saturated rings. The lowest BCUT2D eigenvalue weighted by Gasteiger charge is -2.34. The van der Waals surface area contributed by atoms with Crippen molar-refractivity contribution in [2.24, 2.45) is 0 Å². The van der Waals surface area contributed by atoms with Gasteiger partial charge in [-0.1, -0.05) is 0 Å². The van der Waals surface area contributed by atoms with Crippen molar-refractivity contribution in [3.05, 3.63) is 0 Å². The van der Waals surface area contributed by atoms with E-state index in [1.165, 1.54) is 0 Å². The fourth-order valence-corrected chi connectivity index (χ4v) is 2.26. The Morgan fingerprint density at radius 2 is 2.07 bits per heavy atom. The van der Waals surface area contributed by atoms with Gasteiger partial charge in [-0.2, -0.15) is 0 Å². The molecular weight excluding hydrogens is 198 g/mol. The summed E-state index contributed by atoms with van der Waals surface area (Å²) in [7, 11) is 0. The van der Waals surface area contributed by atoms with Gasteiger partial charge < -0.3 is 14.6 Å². The van der Waals surface area contributed by atoms with E-state index >= 15 is 0 Å². The van der Waals surface area contributed by atoms with Gasteiger partial charge in [0.05, 0.1) is 19.3 Å². The molecule has 5 nitrogen and oxygen atoms in total. The number of rotatable bonds is 3. The molecule has 2 atom stereocenters. The van der Waals surface area contributed by atoms with Gasteiger partial charge in [0, 0.05) is 19.7 Å². The molecule has 0 amide bonds. The maximum atomic E-state index is 11.2. The lowest BCUT2D eigenvalue weighted by molar-refractivity contribution is -0.150. The molecule has 5 heteroatoms. The molecule has 15 heavy (non-hydrogen) atoms. The molecule has 0 aromatic heterocycles. The van der Waals surface area contributed by atoms with Crippen LogP contribution in [0.2, 0.25) is 0 Å². The Kier molecular flexibility index (Phi) is 3.56. The maximum absolute atomic E-state index is 11.2. The molecule has 2 rings (SSSR count). The van der Waals surface area contributed by atoms with Crippen molar-refractivity contribution in [2.75, 3.05) is 32.9 Å². The van der Waals surface area contributed by atoms with Crippen LogP contribution in [-0.2, 0) is 14.3 Å². The van der Waals surface area contributed by atoms with Crippen LogP contribution < -0.4 is 0 Å². The van der Waals surface area contributed by atoms with Crippen LogP contribution in [0, 0.1) is 0 Å². The third-order valence-corrected chi connectivity index (χ3v) is 3.01. The highest BCUT2D eigenvalue weighted by Crippen LogP contribution is 2.20. The first-order valence-corrected chi connectivity index (χ1v) is 5.45. The van der Waals surface area contributed by atoms with Crippen LogP contribution in [0.3, 0.4) is 0 Å². The summed E-state index contributed by atoms with van der Waals surface area (Å²) in [6, 6.07) is -0.489. The molecule has 0 aliphatic carbocycles. The number of nitrogens with zero attached hydrogens (tertiary/aromatic N) is 1. The maximum Gasteiger partial charge on any atom is 0.323 e. The van der Waals surface area contributed by atoms with E-state index in [4.69, 9.17) is 9.47 Å². The molecule has 0 spiro atoms. The van der Waals surface area contributed by atoms with Crippen LogP contribution in [0.25, 0.3) is 0 Å². The van der Waals surface area contributed by atoms with Crippen molar-refractivity contribution in [2.45, 2.75) is 25.0 Å². The molecule has 2 heterocycles. The number of aliphatic carboxylic acids is 1. The van der Waals surface area contributed by atoms with Gasteiger partial charge >= 0.3 is 5.97 Å². The second kappa shape index (κ2) is 4.92. The van der Waals surface area contributed by atoms with Gasteiger partial charge in [-0.15, -0.1) is 0 Å². The number of morpholine rings is 1. The van der Waals surface area contributed by atoms with E-state index in [2.05, 4.69) is 0 Å². The van der Waals surface area contributed by atoms with E-state index in [0.29, 0.717) is 32.9 Å². The van der Waals surface area contributed by atoms with Crippen molar-refractivity contribution >= 4 is 5.97 Å². The summed E-state index contributed by atoms with van der Waals surface area (Å²) in [5.74, 6) is -0.774. The molecular formula is C10H17NO4. The van der Waals surface area contributed by atoms with E-state index < -0.39 is 12.0 Å². The fourth-order valence-electron chi connectivity index (χ4n) is 2.26. The van der Waals surface area contributed by atoms with E-state index in [9.17, 15) is 9.90 Å². The molecule has 0 aromatic rings. The summed E-state index contributed by atoms with van der Waals surface area (Å²) in [5, 5.41) is 9.22. The predicted octanol–water partition coefficient (Wildman–Crippen LogP) is -0.0492. The van der Waals surface area contributed by atoms with Crippen LogP contribution in [0.4, 0.5) is 0 Å². The second-order valence-corrected chi connectivity index (χ2v) is 3.98. The third kappa shape index (κ3) is 2.48. The summed E-state index contributed by atoms with van der Waals surface area (Å²) in [4.78, 5) is 13.2. The highest BCUT2D eigenvalue weighted by atomic mass is 16.5. The molecule has 2 saturated heterocycles. The highest BCUT2D eigenvalue weighted by Gasteiger charge is 2.36. The fraction of sp³-hybridized carbons (Fsp3) is 0.900.